The van der Waals surface area contributed by atoms with Crippen molar-refractivity contribution in [2.75, 3.05) is 37.0 Å². The average Bonchev–Trinajstić information content (AvgIpc) is 2.93. The molecule has 1 aliphatic heterocycles. The lowest BCUT2D eigenvalue weighted by Gasteiger charge is -2.23. The van der Waals surface area contributed by atoms with Crippen LogP contribution in [0.5, 0.6) is 0 Å². The number of nitro groups is 1. The zero-order valence-corrected chi connectivity index (χ0v) is 15.5. The van der Waals surface area contributed by atoms with Crippen molar-refractivity contribution in [1.82, 2.24) is 4.90 Å². The number of carbonyl (C=O) groups is 2. The third-order valence-electron chi connectivity index (χ3n) is 4.39. The second-order valence-electron chi connectivity index (χ2n) is 6.49. The maximum absolute atomic E-state index is 12.3. The topological polar surface area (TPSA) is 131 Å². The molecule has 0 spiro atoms. The van der Waals surface area contributed by atoms with E-state index in [0.717, 1.165) is 6.42 Å². The quantitative estimate of drug-likeness (QED) is 0.385. The van der Waals surface area contributed by atoms with Gasteiger partial charge in [0.05, 0.1) is 17.2 Å². The van der Waals surface area contributed by atoms with Crippen LogP contribution in [-0.4, -0.2) is 54.7 Å². The minimum atomic E-state index is -0.800. The summed E-state index contributed by atoms with van der Waals surface area (Å²) in [5.74, 6) is 0. The lowest BCUT2D eigenvalue weighted by Crippen LogP contribution is -2.30. The normalized spacial score (nSPS) is 15.0. The summed E-state index contributed by atoms with van der Waals surface area (Å²) in [6, 6.07) is 4.45. The van der Waals surface area contributed by atoms with Crippen LogP contribution in [0.3, 0.4) is 0 Å². The van der Waals surface area contributed by atoms with Gasteiger partial charge in [-0.25, -0.2) is 9.59 Å². The number of ether oxygens (including phenoxy) is 1. The van der Waals surface area contributed by atoms with Gasteiger partial charge in [-0.2, -0.15) is 0 Å². The highest BCUT2D eigenvalue weighted by Gasteiger charge is 2.31. The van der Waals surface area contributed by atoms with E-state index in [1.807, 2.05) is 6.92 Å². The number of unbranched alkanes of at least 4 members (excludes halogenated alkanes) is 1. The number of amides is 3. The highest BCUT2D eigenvalue weighted by Crippen LogP contribution is 2.37. The Kier molecular flexibility index (Phi) is 6.80. The third-order valence-corrected chi connectivity index (χ3v) is 4.39. The van der Waals surface area contributed by atoms with Crippen molar-refractivity contribution in [1.29, 1.82) is 0 Å². The Bertz CT molecular complexity index is 711. The van der Waals surface area contributed by atoms with Gasteiger partial charge in [-0.1, -0.05) is 6.07 Å². The Morgan fingerprint density at radius 1 is 1.41 bits per heavy atom. The molecule has 2 rings (SSSR count). The zero-order valence-electron chi connectivity index (χ0n) is 15.5. The summed E-state index contributed by atoms with van der Waals surface area (Å²) in [7, 11) is 1.70. The second-order valence-corrected chi connectivity index (χ2v) is 6.49. The van der Waals surface area contributed by atoms with Gasteiger partial charge in [-0.15, -0.1) is 0 Å². The highest BCUT2D eigenvalue weighted by atomic mass is 16.6. The van der Waals surface area contributed by atoms with Crippen molar-refractivity contribution in [2.24, 2.45) is 5.73 Å². The minimum absolute atomic E-state index is 0.0706. The van der Waals surface area contributed by atoms with Crippen LogP contribution in [0.4, 0.5) is 26.7 Å². The van der Waals surface area contributed by atoms with Crippen molar-refractivity contribution >= 4 is 29.2 Å². The van der Waals surface area contributed by atoms with Crippen molar-refractivity contribution in [3.8, 4) is 0 Å². The Labute approximate surface area is 157 Å². The number of primary amides is 1. The summed E-state index contributed by atoms with van der Waals surface area (Å²) in [5.41, 5.74) is 5.68. The Morgan fingerprint density at radius 2 is 2.15 bits per heavy atom. The first-order chi connectivity index (χ1) is 12.8. The number of hydrogen-bond donors (Lipinski definition) is 2. The Hall–Kier alpha value is -3.04. The number of para-hydroxylation sites is 1. The van der Waals surface area contributed by atoms with E-state index in [-0.39, 0.29) is 24.4 Å². The first-order valence-electron chi connectivity index (χ1n) is 8.80. The number of nitro benzene ring substituents is 1. The maximum Gasteiger partial charge on any atom is 0.404 e. The van der Waals surface area contributed by atoms with Gasteiger partial charge in [0.25, 0.3) is 5.69 Å². The lowest BCUT2D eigenvalue weighted by molar-refractivity contribution is -0.383. The van der Waals surface area contributed by atoms with Crippen LogP contribution in [0.15, 0.2) is 18.2 Å². The molecule has 0 bridgehead atoms. The number of likely N-dealkylation sites (N-methyl/N-ethyl adjacent to an activating group) is 1. The molecule has 10 nitrogen and oxygen atoms in total. The molecule has 1 aromatic rings. The lowest BCUT2D eigenvalue weighted by atomic mass is 10.1. The van der Waals surface area contributed by atoms with Gasteiger partial charge >= 0.3 is 12.1 Å². The number of rotatable bonds is 9. The first kappa shape index (κ1) is 20.3. The van der Waals surface area contributed by atoms with E-state index in [4.69, 9.17) is 5.73 Å². The highest BCUT2D eigenvalue weighted by molar-refractivity contribution is 5.99. The van der Waals surface area contributed by atoms with Crippen LogP contribution < -0.4 is 16.0 Å². The fourth-order valence-corrected chi connectivity index (χ4v) is 2.97. The number of nitrogens with one attached hydrogen (secondary N) is 1. The van der Waals surface area contributed by atoms with Crippen molar-refractivity contribution in [3.63, 3.8) is 0 Å². The molecule has 1 heterocycles. The number of nitrogens with zero attached hydrogens (tertiary/aromatic N) is 3. The molecule has 27 heavy (non-hydrogen) atoms. The summed E-state index contributed by atoms with van der Waals surface area (Å²) in [4.78, 5) is 37.0. The summed E-state index contributed by atoms with van der Waals surface area (Å²) in [5, 5.41) is 14.7. The van der Waals surface area contributed by atoms with E-state index in [1.54, 1.807) is 29.0 Å². The van der Waals surface area contributed by atoms with E-state index in [1.165, 1.54) is 6.07 Å². The molecule has 3 N–H and O–H groups in total. The molecule has 1 atom stereocenters. The van der Waals surface area contributed by atoms with Crippen molar-refractivity contribution in [3.05, 3.63) is 28.3 Å². The molecule has 3 amide bonds. The Morgan fingerprint density at radius 3 is 2.74 bits per heavy atom. The number of hydrogen-bond acceptors (Lipinski definition) is 6. The minimum Gasteiger partial charge on any atom is -0.450 e. The largest absolute Gasteiger partial charge is 0.450 e. The number of carbonyl (C=O) groups excluding carboxylic acids is 2. The van der Waals surface area contributed by atoms with Gasteiger partial charge in [0.2, 0.25) is 0 Å². The predicted octanol–water partition coefficient (Wildman–Crippen LogP) is 2.53. The molecule has 1 unspecified atom stereocenters. The summed E-state index contributed by atoms with van der Waals surface area (Å²) >= 11 is 0. The Balaban J connectivity index is 2.10. The molecule has 1 aromatic carbocycles. The van der Waals surface area contributed by atoms with E-state index in [9.17, 15) is 19.7 Å². The molecule has 0 aliphatic carbocycles. The van der Waals surface area contributed by atoms with Gasteiger partial charge in [0.1, 0.15) is 5.69 Å². The number of benzene rings is 1. The zero-order chi connectivity index (χ0) is 20.0. The van der Waals surface area contributed by atoms with E-state index in [0.29, 0.717) is 37.3 Å². The van der Waals surface area contributed by atoms with Crippen LogP contribution in [-0.2, 0) is 4.74 Å². The molecule has 1 saturated heterocycles. The fraction of sp³-hybridized carbons (Fsp3) is 0.529. The van der Waals surface area contributed by atoms with Crippen molar-refractivity contribution < 1.29 is 19.2 Å². The average molecular weight is 379 g/mol. The molecule has 1 aliphatic rings. The van der Waals surface area contributed by atoms with Crippen LogP contribution in [0.25, 0.3) is 0 Å². The summed E-state index contributed by atoms with van der Waals surface area (Å²) < 4.78 is 4.68. The number of urea groups is 1. The first-order valence-corrected chi connectivity index (χ1v) is 8.80. The van der Waals surface area contributed by atoms with Crippen molar-refractivity contribution in [2.45, 2.75) is 32.2 Å². The van der Waals surface area contributed by atoms with Crippen LogP contribution in [0, 0.1) is 10.1 Å². The summed E-state index contributed by atoms with van der Waals surface area (Å²) in [6.45, 7) is 3.20. The molecule has 10 heteroatoms. The number of nitrogens with two attached hydrogens (primary N) is 1. The van der Waals surface area contributed by atoms with Gasteiger partial charge in [-0.3, -0.25) is 15.0 Å². The molecule has 0 aromatic heterocycles. The van der Waals surface area contributed by atoms with Crippen LogP contribution in [0.1, 0.15) is 26.2 Å². The summed E-state index contributed by atoms with van der Waals surface area (Å²) in [6.07, 6.45) is 1.31. The SMILES string of the molecule is CC(CCCCOC(N)=O)Nc1c(N2CCN(C)C2=O)cccc1[N+](=O)[O-]. The maximum atomic E-state index is 12.3. The molecule has 148 valence electrons. The molecule has 0 saturated carbocycles. The standard InChI is InChI=1S/C17H25N5O5/c1-12(6-3-4-11-27-16(18)23)19-15-13(7-5-8-14(15)22(25)26)21-10-9-20(2)17(21)24/h5,7-8,12,19H,3-4,6,9-11H2,1-2H3,(H2,18,23). The van der Waals surface area contributed by atoms with E-state index < -0.39 is 11.0 Å². The predicted molar refractivity (Wildman–Crippen MR) is 101 cm³/mol. The molecular weight excluding hydrogens is 354 g/mol. The van der Waals surface area contributed by atoms with Crippen LogP contribution >= 0.6 is 0 Å². The molecule has 0 radical (unpaired) electrons. The fourth-order valence-electron chi connectivity index (χ4n) is 2.97. The van der Waals surface area contributed by atoms with Gasteiger partial charge < -0.3 is 20.7 Å². The van der Waals surface area contributed by atoms with Gasteiger partial charge in [0, 0.05) is 32.2 Å². The van der Waals surface area contributed by atoms with E-state index in [2.05, 4.69) is 10.1 Å². The second kappa shape index (κ2) is 9.06. The third kappa shape index (κ3) is 5.22. The smallest absolute Gasteiger partial charge is 0.404 e. The monoisotopic (exact) mass is 379 g/mol. The van der Waals surface area contributed by atoms with Crippen LogP contribution in [0.2, 0.25) is 0 Å². The number of anilines is 2. The van der Waals surface area contributed by atoms with Gasteiger partial charge in [0.15, 0.2) is 0 Å². The molecule has 1 fully saturated rings. The molecular formula is C17H25N5O5. The van der Waals surface area contributed by atoms with E-state index >= 15 is 0 Å². The van der Waals surface area contributed by atoms with Gasteiger partial charge in [-0.05, 0) is 32.3 Å².